The molecule has 2 aliphatic rings. The Labute approximate surface area is 219 Å². The van der Waals surface area contributed by atoms with Crippen molar-refractivity contribution >= 4 is 46.9 Å². The Balaban J connectivity index is 1.63. The molecular weight excluding hydrogens is 513 g/mol. The highest BCUT2D eigenvalue weighted by Gasteiger charge is 2.41. The highest BCUT2D eigenvalue weighted by atomic mass is 35.5. The van der Waals surface area contributed by atoms with E-state index < -0.39 is 48.1 Å². The minimum atomic E-state index is -0.923. The fourth-order valence-corrected chi connectivity index (χ4v) is 4.71. The number of rotatable bonds is 10. The van der Waals surface area contributed by atoms with Crippen molar-refractivity contribution in [3.63, 3.8) is 0 Å². The number of hydrogen-bond donors (Lipinski definition) is 2. The molecule has 2 heterocycles. The van der Waals surface area contributed by atoms with Gasteiger partial charge in [0, 0.05) is 18.7 Å². The van der Waals surface area contributed by atoms with Crippen LogP contribution >= 0.6 is 23.2 Å². The Hall–Kier alpha value is -2.82. The minimum Gasteiger partial charge on any atom is -0.486 e. The zero-order valence-electron chi connectivity index (χ0n) is 20.1. The lowest BCUT2D eigenvalue weighted by Crippen LogP contribution is -2.54. The molecule has 3 amide bonds. The third-order valence-electron chi connectivity index (χ3n) is 5.78. The van der Waals surface area contributed by atoms with E-state index in [4.69, 9.17) is 37.4 Å². The molecule has 4 unspecified atom stereocenters. The van der Waals surface area contributed by atoms with E-state index in [-0.39, 0.29) is 34.4 Å². The van der Waals surface area contributed by atoms with Crippen molar-refractivity contribution in [1.82, 2.24) is 15.5 Å². The third-order valence-corrected chi connectivity index (χ3v) is 6.35. The molecule has 2 saturated heterocycles. The van der Waals surface area contributed by atoms with E-state index in [0.717, 1.165) is 0 Å². The molecule has 0 radical (unpaired) electrons. The molecule has 2 N–H and O–H groups in total. The Morgan fingerprint density at radius 2 is 2.00 bits per heavy atom. The Bertz CT molecular complexity index is 1010. The zero-order chi connectivity index (χ0) is 26.4. The maximum Gasteiger partial charge on any atom is 0.310 e. The Morgan fingerprint density at radius 3 is 2.64 bits per heavy atom. The van der Waals surface area contributed by atoms with E-state index in [0.29, 0.717) is 26.0 Å². The summed E-state index contributed by atoms with van der Waals surface area (Å²) in [5.74, 6) is -1.61. The van der Waals surface area contributed by atoms with Gasteiger partial charge in [0.25, 0.3) is 5.91 Å². The largest absolute Gasteiger partial charge is 0.486 e. The number of benzene rings is 1. The van der Waals surface area contributed by atoms with Crippen LogP contribution in [0.3, 0.4) is 0 Å². The average molecular weight is 542 g/mol. The summed E-state index contributed by atoms with van der Waals surface area (Å²) >= 11 is 12.4. The number of likely N-dealkylation sites (tertiary alicyclic amines) is 1. The summed E-state index contributed by atoms with van der Waals surface area (Å²) in [6.45, 7) is 7.71. The predicted octanol–water partition coefficient (Wildman–Crippen LogP) is 2.46. The molecule has 0 spiro atoms. The van der Waals surface area contributed by atoms with E-state index in [2.05, 4.69) is 17.2 Å². The summed E-state index contributed by atoms with van der Waals surface area (Å²) in [5.41, 5.74) is 0.152. The number of carbonyl (C=O) groups excluding carboxylic acids is 4. The van der Waals surface area contributed by atoms with Gasteiger partial charge in [-0.3, -0.25) is 19.2 Å². The van der Waals surface area contributed by atoms with Crippen LogP contribution in [0, 0.1) is 0 Å². The van der Waals surface area contributed by atoms with Crippen LogP contribution in [-0.2, 0) is 23.9 Å². The van der Waals surface area contributed by atoms with Gasteiger partial charge < -0.3 is 29.7 Å². The van der Waals surface area contributed by atoms with Gasteiger partial charge in [-0.15, -0.1) is 0 Å². The molecule has 0 aliphatic carbocycles. The summed E-state index contributed by atoms with van der Waals surface area (Å²) in [6, 6.07) is 0.495. The van der Waals surface area contributed by atoms with E-state index in [1.807, 2.05) is 0 Å². The van der Waals surface area contributed by atoms with Gasteiger partial charge in [0.15, 0.2) is 5.75 Å². The van der Waals surface area contributed by atoms with Crippen molar-refractivity contribution in [1.29, 1.82) is 0 Å². The number of halogens is 2. The van der Waals surface area contributed by atoms with Gasteiger partial charge in [-0.05, 0) is 38.8 Å². The maximum absolute atomic E-state index is 13.1. The summed E-state index contributed by atoms with van der Waals surface area (Å²) < 4.78 is 15.9. The maximum atomic E-state index is 13.1. The monoisotopic (exact) mass is 541 g/mol. The van der Waals surface area contributed by atoms with Crippen LogP contribution in [0.25, 0.3) is 0 Å². The molecule has 4 atom stereocenters. The van der Waals surface area contributed by atoms with Crippen molar-refractivity contribution in [3.8, 4) is 5.75 Å². The molecule has 3 rings (SSSR count). The van der Waals surface area contributed by atoms with Gasteiger partial charge in [-0.25, -0.2) is 0 Å². The summed E-state index contributed by atoms with van der Waals surface area (Å²) in [4.78, 5) is 52.0. The van der Waals surface area contributed by atoms with E-state index >= 15 is 0 Å². The van der Waals surface area contributed by atoms with Gasteiger partial charge >= 0.3 is 5.97 Å². The van der Waals surface area contributed by atoms with Gasteiger partial charge in [-0.2, -0.15) is 0 Å². The normalized spacial score (nSPS) is 22.1. The predicted molar refractivity (Wildman–Crippen MR) is 132 cm³/mol. The molecule has 0 bridgehead atoms. The molecule has 1 aromatic rings. The van der Waals surface area contributed by atoms with Crippen LogP contribution in [0.1, 0.15) is 43.5 Å². The van der Waals surface area contributed by atoms with E-state index in [1.54, 1.807) is 6.92 Å². The lowest BCUT2D eigenvalue weighted by Gasteiger charge is -2.28. The van der Waals surface area contributed by atoms with Crippen LogP contribution in [0.4, 0.5) is 0 Å². The molecule has 2 fully saturated rings. The number of esters is 1. The molecule has 0 saturated carbocycles. The number of cyclic esters (lactones) is 1. The lowest BCUT2D eigenvalue weighted by atomic mass is 10.1. The highest BCUT2D eigenvalue weighted by molar-refractivity contribution is 6.37. The van der Waals surface area contributed by atoms with Crippen LogP contribution in [0.5, 0.6) is 5.75 Å². The number of nitrogens with one attached hydrogen (secondary N) is 2. The van der Waals surface area contributed by atoms with Gasteiger partial charge in [0.1, 0.15) is 24.7 Å². The summed E-state index contributed by atoms with van der Waals surface area (Å²) in [6.07, 6.45) is 1.74. The SMILES string of the molecule is C=CCOc1c(Cl)cc(C(=O)NC(C)C(=O)N2CCCC2C(=O)NC2CC(=O)OC2OCC)cc1Cl. The summed E-state index contributed by atoms with van der Waals surface area (Å²) in [7, 11) is 0. The van der Waals surface area contributed by atoms with Crippen molar-refractivity contribution in [2.75, 3.05) is 19.8 Å². The van der Waals surface area contributed by atoms with Crippen LogP contribution in [0.2, 0.25) is 10.0 Å². The van der Waals surface area contributed by atoms with Crippen molar-refractivity contribution in [2.45, 2.75) is 57.5 Å². The number of nitrogens with zero attached hydrogens (tertiary/aromatic N) is 1. The first-order valence-electron chi connectivity index (χ1n) is 11.6. The van der Waals surface area contributed by atoms with Crippen molar-refractivity contribution < 1.29 is 33.4 Å². The number of carbonyl (C=O) groups is 4. The smallest absolute Gasteiger partial charge is 0.310 e. The van der Waals surface area contributed by atoms with Gasteiger partial charge in [-0.1, -0.05) is 35.9 Å². The minimum absolute atomic E-state index is 0.00787. The second kappa shape index (κ2) is 12.4. The van der Waals surface area contributed by atoms with E-state index in [1.165, 1.54) is 30.0 Å². The number of amides is 3. The molecule has 0 aromatic heterocycles. The average Bonchev–Trinajstić information content (AvgIpc) is 3.44. The molecule has 2 aliphatic heterocycles. The first-order chi connectivity index (χ1) is 17.2. The first kappa shape index (κ1) is 27.8. The number of hydrogen-bond acceptors (Lipinski definition) is 7. The molecule has 10 nitrogen and oxygen atoms in total. The zero-order valence-corrected chi connectivity index (χ0v) is 21.6. The first-order valence-corrected chi connectivity index (χ1v) is 12.4. The van der Waals surface area contributed by atoms with E-state index in [9.17, 15) is 19.2 Å². The molecular formula is C24H29Cl2N3O7. The van der Waals surface area contributed by atoms with Crippen LogP contribution < -0.4 is 15.4 Å². The second-order valence-corrected chi connectivity index (χ2v) is 9.20. The topological polar surface area (TPSA) is 123 Å². The molecule has 36 heavy (non-hydrogen) atoms. The Kier molecular flexibility index (Phi) is 9.58. The highest BCUT2D eigenvalue weighted by Crippen LogP contribution is 2.34. The van der Waals surface area contributed by atoms with Gasteiger partial charge in [0.05, 0.1) is 16.5 Å². The quantitative estimate of drug-likeness (QED) is 0.344. The lowest BCUT2D eigenvalue weighted by molar-refractivity contribution is -0.164. The van der Waals surface area contributed by atoms with Crippen LogP contribution in [0.15, 0.2) is 24.8 Å². The second-order valence-electron chi connectivity index (χ2n) is 8.39. The number of ether oxygens (including phenoxy) is 3. The fraction of sp³-hybridized carbons (Fsp3) is 0.500. The standard InChI is InChI=1S/C24H29Cl2N3O7/c1-4-9-35-20-15(25)10-14(11-16(20)26)21(31)27-13(3)23(33)29-8-6-7-18(29)22(32)28-17-12-19(30)36-24(17)34-5-2/h4,10-11,13,17-18,24H,1,5-9,12H2,2-3H3,(H,27,31)(H,28,32). The fourth-order valence-electron chi connectivity index (χ4n) is 4.11. The molecule has 1 aromatic carbocycles. The van der Waals surface area contributed by atoms with Crippen molar-refractivity contribution in [3.05, 3.63) is 40.4 Å². The van der Waals surface area contributed by atoms with Crippen molar-refractivity contribution in [2.24, 2.45) is 0 Å². The molecule has 196 valence electrons. The Morgan fingerprint density at radius 1 is 1.31 bits per heavy atom. The van der Waals surface area contributed by atoms with Gasteiger partial charge in [0.2, 0.25) is 18.1 Å². The van der Waals surface area contributed by atoms with Crippen LogP contribution in [-0.4, -0.2) is 72.8 Å². The molecule has 12 heteroatoms. The third kappa shape index (κ3) is 6.48. The summed E-state index contributed by atoms with van der Waals surface area (Å²) in [5, 5.41) is 5.69.